The standard InChI is InChI=1S/C8H7N3O2/c12-6-11-10-5-8(13-11)7-3-1-2-4-9-7/h1-6,8H. The van der Waals surface area contributed by atoms with Crippen LogP contribution in [0.5, 0.6) is 0 Å². The molecule has 5 heteroatoms. The van der Waals surface area contributed by atoms with Gasteiger partial charge in [-0.15, -0.1) is 5.17 Å². The summed E-state index contributed by atoms with van der Waals surface area (Å²) < 4.78 is 0. The van der Waals surface area contributed by atoms with Crippen molar-refractivity contribution in [1.29, 1.82) is 0 Å². The molecule has 0 spiro atoms. The molecular formula is C8H7N3O2. The third kappa shape index (κ3) is 1.54. The van der Waals surface area contributed by atoms with E-state index in [1.165, 1.54) is 6.21 Å². The van der Waals surface area contributed by atoms with Crippen LogP contribution in [-0.4, -0.2) is 22.8 Å². The zero-order valence-electron chi connectivity index (χ0n) is 6.70. The van der Waals surface area contributed by atoms with Crippen molar-refractivity contribution in [2.24, 2.45) is 5.10 Å². The van der Waals surface area contributed by atoms with Gasteiger partial charge in [0.05, 0.1) is 11.9 Å². The van der Waals surface area contributed by atoms with E-state index in [1.807, 2.05) is 18.2 Å². The topological polar surface area (TPSA) is 54.8 Å². The first-order chi connectivity index (χ1) is 6.40. The van der Waals surface area contributed by atoms with Crippen molar-refractivity contribution in [3.8, 4) is 0 Å². The summed E-state index contributed by atoms with van der Waals surface area (Å²) in [7, 11) is 0. The van der Waals surface area contributed by atoms with E-state index in [-0.39, 0.29) is 6.10 Å². The summed E-state index contributed by atoms with van der Waals surface area (Å²) in [5.74, 6) is 0. The number of aromatic nitrogens is 1. The van der Waals surface area contributed by atoms with Gasteiger partial charge in [0.1, 0.15) is 0 Å². The number of hydrogen-bond donors (Lipinski definition) is 0. The summed E-state index contributed by atoms with van der Waals surface area (Å²) in [5, 5.41) is 4.56. The van der Waals surface area contributed by atoms with Crippen LogP contribution < -0.4 is 0 Å². The Morgan fingerprint density at radius 3 is 3.08 bits per heavy atom. The molecular weight excluding hydrogens is 170 g/mol. The number of carbonyl (C=O) groups is 1. The molecule has 1 atom stereocenters. The SMILES string of the molecule is O=CN1N=CC(c2ccccn2)O1. The quantitative estimate of drug-likeness (QED) is 0.618. The zero-order chi connectivity index (χ0) is 9.10. The fourth-order valence-electron chi connectivity index (χ4n) is 1.02. The van der Waals surface area contributed by atoms with Crippen LogP contribution >= 0.6 is 0 Å². The van der Waals surface area contributed by atoms with Gasteiger partial charge < -0.3 is 0 Å². The normalized spacial score (nSPS) is 20.6. The van der Waals surface area contributed by atoms with Gasteiger partial charge in [-0.1, -0.05) is 6.07 Å². The maximum Gasteiger partial charge on any atom is 0.256 e. The van der Waals surface area contributed by atoms with Gasteiger partial charge in [-0.05, 0) is 12.1 Å². The van der Waals surface area contributed by atoms with Crippen molar-refractivity contribution in [3.63, 3.8) is 0 Å². The number of hydrazone groups is 1. The molecule has 1 unspecified atom stereocenters. The predicted octanol–water partition coefficient (Wildman–Crippen LogP) is 0.512. The van der Waals surface area contributed by atoms with E-state index in [0.717, 1.165) is 10.9 Å². The molecule has 1 aromatic rings. The summed E-state index contributed by atoms with van der Waals surface area (Å²) in [4.78, 5) is 19.4. The molecule has 2 heterocycles. The zero-order valence-corrected chi connectivity index (χ0v) is 6.70. The first-order valence-electron chi connectivity index (χ1n) is 3.76. The Morgan fingerprint density at radius 1 is 1.54 bits per heavy atom. The average Bonchev–Trinajstić information content (AvgIpc) is 2.67. The highest BCUT2D eigenvalue weighted by atomic mass is 16.7. The minimum absolute atomic E-state index is 0.355. The van der Waals surface area contributed by atoms with Crippen LogP contribution in [0.3, 0.4) is 0 Å². The van der Waals surface area contributed by atoms with E-state index in [1.54, 1.807) is 6.20 Å². The predicted molar refractivity (Wildman–Crippen MR) is 44.5 cm³/mol. The first-order valence-corrected chi connectivity index (χ1v) is 3.76. The van der Waals surface area contributed by atoms with Crippen molar-refractivity contribution < 1.29 is 9.63 Å². The Labute approximate surface area is 74.6 Å². The van der Waals surface area contributed by atoms with Crippen molar-refractivity contribution in [1.82, 2.24) is 10.2 Å². The number of rotatable bonds is 2. The van der Waals surface area contributed by atoms with Gasteiger partial charge >= 0.3 is 0 Å². The number of hydrogen-bond acceptors (Lipinski definition) is 4. The highest BCUT2D eigenvalue weighted by Crippen LogP contribution is 2.18. The molecule has 1 aliphatic rings. The van der Waals surface area contributed by atoms with Crippen LogP contribution in [0.25, 0.3) is 0 Å². The highest BCUT2D eigenvalue weighted by Gasteiger charge is 2.20. The molecule has 13 heavy (non-hydrogen) atoms. The summed E-state index contributed by atoms with van der Waals surface area (Å²) >= 11 is 0. The summed E-state index contributed by atoms with van der Waals surface area (Å²) in [5.41, 5.74) is 0.732. The molecule has 1 aliphatic heterocycles. The maximum absolute atomic E-state index is 10.3. The molecule has 0 radical (unpaired) electrons. The van der Waals surface area contributed by atoms with Crippen LogP contribution in [0.15, 0.2) is 29.5 Å². The monoisotopic (exact) mass is 177 g/mol. The van der Waals surface area contributed by atoms with E-state index in [9.17, 15) is 4.79 Å². The lowest BCUT2D eigenvalue weighted by Gasteiger charge is -2.07. The number of carbonyl (C=O) groups excluding carboxylic acids is 1. The smallest absolute Gasteiger partial charge is 0.256 e. The van der Waals surface area contributed by atoms with Gasteiger partial charge in [0.2, 0.25) is 0 Å². The Bertz CT molecular complexity index is 325. The fraction of sp³-hybridized carbons (Fsp3) is 0.125. The third-order valence-electron chi connectivity index (χ3n) is 1.61. The lowest BCUT2D eigenvalue weighted by molar-refractivity contribution is -0.172. The van der Waals surface area contributed by atoms with Gasteiger partial charge in [-0.25, -0.2) is 4.84 Å². The molecule has 0 saturated heterocycles. The Morgan fingerprint density at radius 2 is 2.46 bits per heavy atom. The summed E-state index contributed by atoms with van der Waals surface area (Å²) in [6, 6.07) is 5.47. The van der Waals surface area contributed by atoms with Crippen LogP contribution in [0.4, 0.5) is 0 Å². The Hall–Kier alpha value is -1.75. The molecule has 1 aromatic heterocycles. The van der Waals surface area contributed by atoms with Crippen LogP contribution in [0.1, 0.15) is 11.8 Å². The second-order valence-corrected chi connectivity index (χ2v) is 2.45. The van der Waals surface area contributed by atoms with Gasteiger partial charge in [0, 0.05) is 6.20 Å². The molecule has 1 amide bonds. The van der Waals surface area contributed by atoms with Crippen LogP contribution in [-0.2, 0) is 9.63 Å². The number of nitrogens with zero attached hydrogens (tertiary/aromatic N) is 3. The Balaban J connectivity index is 2.14. The molecule has 0 bridgehead atoms. The minimum atomic E-state index is -0.355. The van der Waals surface area contributed by atoms with Crippen molar-refractivity contribution in [3.05, 3.63) is 30.1 Å². The molecule has 0 fully saturated rings. The lowest BCUT2D eigenvalue weighted by atomic mass is 10.2. The van der Waals surface area contributed by atoms with E-state index in [2.05, 4.69) is 10.1 Å². The lowest BCUT2D eigenvalue weighted by Crippen LogP contribution is -2.12. The summed E-state index contributed by atoms with van der Waals surface area (Å²) in [6.45, 7) is 0. The van der Waals surface area contributed by atoms with E-state index < -0.39 is 0 Å². The van der Waals surface area contributed by atoms with E-state index in [4.69, 9.17) is 4.84 Å². The van der Waals surface area contributed by atoms with Gasteiger partial charge in [0.25, 0.3) is 6.41 Å². The summed E-state index contributed by atoms with van der Waals surface area (Å²) in [6.07, 6.45) is 3.33. The molecule has 0 aromatic carbocycles. The Kier molecular flexibility index (Phi) is 2.01. The molecule has 66 valence electrons. The highest BCUT2D eigenvalue weighted by molar-refractivity contribution is 5.67. The van der Waals surface area contributed by atoms with Gasteiger partial charge in [-0.2, -0.15) is 5.10 Å². The first kappa shape index (κ1) is 7.88. The van der Waals surface area contributed by atoms with Crippen LogP contribution in [0, 0.1) is 0 Å². The second-order valence-electron chi connectivity index (χ2n) is 2.45. The maximum atomic E-state index is 10.3. The van der Waals surface area contributed by atoms with E-state index >= 15 is 0 Å². The molecule has 0 N–H and O–H groups in total. The van der Waals surface area contributed by atoms with Gasteiger partial charge in [-0.3, -0.25) is 9.78 Å². The molecule has 2 rings (SSSR count). The molecule has 0 saturated carbocycles. The largest absolute Gasteiger partial charge is 0.274 e. The van der Waals surface area contributed by atoms with Crippen molar-refractivity contribution >= 4 is 12.6 Å². The van der Waals surface area contributed by atoms with Crippen LogP contribution in [0.2, 0.25) is 0 Å². The van der Waals surface area contributed by atoms with Crippen molar-refractivity contribution in [2.75, 3.05) is 0 Å². The molecule has 5 nitrogen and oxygen atoms in total. The minimum Gasteiger partial charge on any atom is -0.274 e. The molecule has 0 aliphatic carbocycles. The average molecular weight is 177 g/mol. The van der Waals surface area contributed by atoms with Crippen molar-refractivity contribution in [2.45, 2.75) is 6.10 Å². The number of amides is 1. The second kappa shape index (κ2) is 3.32. The number of pyridine rings is 1. The van der Waals surface area contributed by atoms with E-state index in [0.29, 0.717) is 6.41 Å². The van der Waals surface area contributed by atoms with Gasteiger partial charge in [0.15, 0.2) is 6.10 Å². The number of hydroxylamine groups is 1. The third-order valence-corrected chi connectivity index (χ3v) is 1.61. The fourth-order valence-corrected chi connectivity index (χ4v) is 1.02.